The first-order chi connectivity index (χ1) is 7.49. The summed E-state index contributed by atoms with van der Waals surface area (Å²) in [7, 11) is -1.89. The minimum absolute atomic E-state index is 0.777. The molecule has 0 radical (unpaired) electrons. The topological polar surface area (TPSA) is 45.5 Å². The van der Waals surface area contributed by atoms with E-state index in [1.807, 2.05) is 38.2 Å². The molecule has 0 aromatic carbocycles. The molecule has 1 N–H and O–H groups in total. The molecule has 0 aliphatic rings. The molecule has 0 aliphatic heterocycles. The summed E-state index contributed by atoms with van der Waals surface area (Å²) in [6.07, 6.45) is 2.73. The van der Waals surface area contributed by atoms with E-state index in [0.717, 1.165) is 30.4 Å². The number of aliphatic imine (C=N–C) groups is 1. The molecule has 0 spiro atoms. The Kier molecular flexibility index (Phi) is 4.83. The Hall–Kier alpha value is -1.00. The second kappa shape index (κ2) is 5.91. The molecule has 0 bridgehead atoms. The fraction of sp³-hybridized carbons (Fsp3) is 0.500. The van der Waals surface area contributed by atoms with Crippen LogP contribution in [0.3, 0.4) is 0 Å². The van der Waals surface area contributed by atoms with Gasteiger partial charge in [0.15, 0.2) is 8.32 Å². The van der Waals surface area contributed by atoms with E-state index in [-0.39, 0.29) is 0 Å². The summed E-state index contributed by atoms with van der Waals surface area (Å²) < 4.78 is 0. The van der Waals surface area contributed by atoms with Crippen LogP contribution in [0.25, 0.3) is 0 Å². The lowest BCUT2D eigenvalue weighted by molar-refractivity contribution is 0.544. The lowest BCUT2D eigenvalue weighted by Gasteiger charge is -2.12. The first-order valence-corrected chi connectivity index (χ1v) is 8.79. The highest BCUT2D eigenvalue weighted by Gasteiger charge is 2.15. The van der Waals surface area contributed by atoms with E-state index < -0.39 is 8.32 Å². The lowest BCUT2D eigenvalue weighted by atomic mass is 10.2. The second-order valence-corrected chi connectivity index (χ2v) is 8.72. The van der Waals surface area contributed by atoms with Gasteiger partial charge in [-0.25, -0.2) is 0 Å². The van der Waals surface area contributed by atoms with Crippen LogP contribution in [0.1, 0.15) is 19.0 Å². The van der Waals surface area contributed by atoms with Crippen molar-refractivity contribution in [2.75, 3.05) is 6.54 Å². The van der Waals surface area contributed by atoms with Crippen molar-refractivity contribution in [3.8, 4) is 0 Å². The maximum absolute atomic E-state index is 9.68. The van der Waals surface area contributed by atoms with Crippen molar-refractivity contribution in [2.24, 2.45) is 4.99 Å². The Labute approximate surface area is 98.4 Å². The van der Waals surface area contributed by atoms with Crippen molar-refractivity contribution in [3.63, 3.8) is 0 Å². The molecule has 1 aromatic rings. The summed E-state index contributed by atoms with van der Waals surface area (Å²) in [5.41, 5.74) is 1.90. The Morgan fingerprint density at radius 2 is 2.19 bits per heavy atom. The lowest BCUT2D eigenvalue weighted by Crippen LogP contribution is -2.24. The Morgan fingerprint density at radius 1 is 1.44 bits per heavy atom. The highest BCUT2D eigenvalue weighted by molar-refractivity contribution is 6.69. The highest BCUT2D eigenvalue weighted by Crippen LogP contribution is 2.07. The third-order valence-corrected chi connectivity index (χ3v) is 3.91. The Bertz CT molecular complexity index is 344. The Balaban J connectivity index is 2.41. The summed E-state index contributed by atoms with van der Waals surface area (Å²) in [5, 5.41) is 0. The monoisotopic (exact) mass is 236 g/mol. The minimum Gasteiger partial charge on any atom is -0.432 e. The molecule has 4 heteroatoms. The number of aromatic nitrogens is 1. The van der Waals surface area contributed by atoms with E-state index in [2.05, 4.69) is 9.98 Å². The zero-order valence-electron chi connectivity index (χ0n) is 10.3. The molecule has 0 saturated carbocycles. The van der Waals surface area contributed by atoms with Gasteiger partial charge in [-0.15, -0.1) is 0 Å². The molecule has 0 fully saturated rings. The molecule has 1 heterocycles. The average Bonchev–Trinajstić information content (AvgIpc) is 2.24. The minimum atomic E-state index is -1.89. The van der Waals surface area contributed by atoms with E-state index in [9.17, 15) is 4.80 Å². The van der Waals surface area contributed by atoms with Crippen LogP contribution in [-0.2, 0) is 0 Å². The molecule has 1 rings (SSSR count). The van der Waals surface area contributed by atoms with Gasteiger partial charge in [0.25, 0.3) is 0 Å². The van der Waals surface area contributed by atoms with Gasteiger partial charge in [-0.3, -0.25) is 9.98 Å². The summed E-state index contributed by atoms with van der Waals surface area (Å²) in [5.74, 6) is 0. The van der Waals surface area contributed by atoms with Gasteiger partial charge in [-0.2, -0.15) is 0 Å². The van der Waals surface area contributed by atoms with Gasteiger partial charge >= 0.3 is 0 Å². The zero-order chi connectivity index (χ0) is 12.0. The fourth-order valence-electron chi connectivity index (χ4n) is 1.42. The van der Waals surface area contributed by atoms with E-state index in [1.165, 1.54) is 0 Å². The molecule has 16 heavy (non-hydrogen) atoms. The van der Waals surface area contributed by atoms with Crippen LogP contribution in [0.5, 0.6) is 0 Å². The Morgan fingerprint density at radius 3 is 2.75 bits per heavy atom. The average molecular weight is 236 g/mol. The second-order valence-electron chi connectivity index (χ2n) is 4.60. The van der Waals surface area contributed by atoms with Crippen molar-refractivity contribution in [2.45, 2.75) is 32.5 Å². The number of rotatable bonds is 5. The molecule has 3 nitrogen and oxygen atoms in total. The van der Waals surface area contributed by atoms with Crippen LogP contribution in [0.15, 0.2) is 29.4 Å². The van der Waals surface area contributed by atoms with Crippen molar-refractivity contribution in [1.82, 2.24) is 4.98 Å². The quantitative estimate of drug-likeness (QED) is 0.485. The molecule has 1 aromatic heterocycles. The van der Waals surface area contributed by atoms with Crippen LogP contribution < -0.4 is 0 Å². The molecule has 0 aliphatic carbocycles. The first-order valence-electron chi connectivity index (χ1n) is 5.64. The molecule has 0 saturated heterocycles. The van der Waals surface area contributed by atoms with Gasteiger partial charge in [0.2, 0.25) is 0 Å². The third kappa shape index (κ3) is 5.18. The van der Waals surface area contributed by atoms with E-state index in [4.69, 9.17) is 0 Å². The zero-order valence-corrected chi connectivity index (χ0v) is 11.3. The predicted molar refractivity (Wildman–Crippen MR) is 70.4 cm³/mol. The predicted octanol–water partition coefficient (Wildman–Crippen LogP) is 2.48. The maximum Gasteiger partial charge on any atom is 0.182 e. The van der Waals surface area contributed by atoms with Crippen LogP contribution in [0.4, 0.5) is 0 Å². The highest BCUT2D eigenvalue weighted by atomic mass is 28.4. The van der Waals surface area contributed by atoms with Crippen molar-refractivity contribution in [1.29, 1.82) is 0 Å². The van der Waals surface area contributed by atoms with Crippen LogP contribution >= 0.6 is 0 Å². The van der Waals surface area contributed by atoms with Crippen LogP contribution in [0, 0.1) is 0 Å². The van der Waals surface area contributed by atoms with Gasteiger partial charge in [0.1, 0.15) is 0 Å². The summed E-state index contributed by atoms with van der Waals surface area (Å²) in [6.45, 7) is 6.67. The van der Waals surface area contributed by atoms with E-state index >= 15 is 0 Å². The van der Waals surface area contributed by atoms with Crippen molar-refractivity contribution >= 4 is 14.0 Å². The molecule has 0 atom stereocenters. The fourth-order valence-corrected chi connectivity index (χ4v) is 2.44. The SMILES string of the molecule is CC(=NCCC[Si](C)(C)O)c1ccccn1. The van der Waals surface area contributed by atoms with Gasteiger partial charge in [0, 0.05) is 12.7 Å². The molecular formula is C12H20N2OSi. The van der Waals surface area contributed by atoms with Crippen molar-refractivity contribution < 1.29 is 4.80 Å². The normalized spacial score (nSPS) is 12.9. The number of pyridine rings is 1. The van der Waals surface area contributed by atoms with E-state index in [1.54, 1.807) is 6.20 Å². The van der Waals surface area contributed by atoms with Crippen molar-refractivity contribution in [3.05, 3.63) is 30.1 Å². The summed E-state index contributed by atoms with van der Waals surface area (Å²) in [6, 6.07) is 6.73. The summed E-state index contributed by atoms with van der Waals surface area (Å²) >= 11 is 0. The molecule has 0 unspecified atom stereocenters. The smallest absolute Gasteiger partial charge is 0.182 e. The number of nitrogens with zero attached hydrogens (tertiary/aromatic N) is 2. The standard InChI is InChI=1S/C12H20N2OSi/c1-11(12-7-4-5-8-14-12)13-9-6-10-16(2,3)15/h4-5,7-8,15H,6,9-10H2,1-3H3. The van der Waals surface area contributed by atoms with Gasteiger partial charge in [-0.05, 0) is 44.6 Å². The van der Waals surface area contributed by atoms with Crippen LogP contribution in [0.2, 0.25) is 19.1 Å². The summed E-state index contributed by atoms with van der Waals surface area (Å²) in [4.78, 5) is 18.4. The largest absolute Gasteiger partial charge is 0.432 e. The third-order valence-electron chi connectivity index (χ3n) is 2.33. The number of hydrogen-bond donors (Lipinski definition) is 1. The first kappa shape index (κ1) is 13.1. The molecule has 88 valence electrons. The van der Waals surface area contributed by atoms with Gasteiger partial charge in [-0.1, -0.05) is 6.07 Å². The van der Waals surface area contributed by atoms with Gasteiger partial charge in [0.05, 0.1) is 11.4 Å². The molecular weight excluding hydrogens is 216 g/mol. The van der Waals surface area contributed by atoms with Crippen LogP contribution in [-0.4, -0.2) is 30.4 Å². The molecule has 0 amide bonds. The number of hydrogen-bond acceptors (Lipinski definition) is 3. The van der Waals surface area contributed by atoms with E-state index in [0.29, 0.717) is 0 Å². The maximum atomic E-state index is 9.68. The van der Waals surface area contributed by atoms with Gasteiger partial charge < -0.3 is 4.80 Å².